The van der Waals surface area contributed by atoms with Crippen LogP contribution in [-0.2, 0) is 4.74 Å². The Labute approximate surface area is 118 Å². The van der Waals surface area contributed by atoms with Crippen molar-refractivity contribution >= 4 is 0 Å². The third-order valence-electron chi connectivity index (χ3n) is 7.24. The first-order valence-electron chi connectivity index (χ1n) is 8.31. The lowest BCUT2D eigenvalue weighted by Gasteiger charge is -2.45. The van der Waals surface area contributed by atoms with Gasteiger partial charge in [0.05, 0.1) is 11.7 Å². The molecule has 0 aromatic rings. The second-order valence-corrected chi connectivity index (χ2v) is 8.16. The minimum absolute atomic E-state index is 0.00644. The number of hydrogen-bond acceptors (Lipinski definition) is 2. The molecule has 0 heterocycles. The maximum atomic E-state index is 6.74. The molecule has 2 nitrogen and oxygen atoms in total. The minimum Gasteiger partial charge on any atom is -0.370 e. The molecule has 2 bridgehead atoms. The summed E-state index contributed by atoms with van der Waals surface area (Å²) in [4.78, 5) is 0. The van der Waals surface area contributed by atoms with Crippen LogP contribution in [0.5, 0.6) is 0 Å². The number of nitrogens with two attached hydrogens (primary N) is 1. The van der Waals surface area contributed by atoms with E-state index >= 15 is 0 Å². The third kappa shape index (κ3) is 1.90. The largest absolute Gasteiger partial charge is 0.370 e. The van der Waals surface area contributed by atoms with Crippen molar-refractivity contribution in [2.75, 3.05) is 6.54 Å². The van der Waals surface area contributed by atoms with E-state index < -0.39 is 0 Å². The van der Waals surface area contributed by atoms with Crippen LogP contribution >= 0.6 is 0 Å². The lowest BCUT2D eigenvalue weighted by atomic mass is 9.69. The van der Waals surface area contributed by atoms with Crippen LogP contribution in [0.25, 0.3) is 0 Å². The van der Waals surface area contributed by atoms with Crippen LogP contribution in [0.15, 0.2) is 0 Å². The molecule has 0 spiro atoms. The highest BCUT2D eigenvalue weighted by atomic mass is 16.5. The molecule has 0 amide bonds. The summed E-state index contributed by atoms with van der Waals surface area (Å²) in [7, 11) is 0. The number of hydrogen-bond donors (Lipinski definition) is 1. The summed E-state index contributed by atoms with van der Waals surface area (Å²) < 4.78 is 6.74. The first-order valence-corrected chi connectivity index (χ1v) is 8.31. The van der Waals surface area contributed by atoms with Crippen LogP contribution in [0.2, 0.25) is 0 Å². The summed E-state index contributed by atoms with van der Waals surface area (Å²) in [6, 6.07) is 0. The average Bonchev–Trinajstić information content (AvgIpc) is 2.73. The molecule has 2 heteroatoms. The zero-order valence-electron chi connectivity index (χ0n) is 13.0. The monoisotopic (exact) mass is 265 g/mol. The molecular weight excluding hydrogens is 234 g/mol. The second kappa shape index (κ2) is 4.46. The molecule has 3 saturated carbocycles. The quantitative estimate of drug-likeness (QED) is 0.840. The number of ether oxygens (including phenoxy) is 1. The summed E-state index contributed by atoms with van der Waals surface area (Å²) in [5, 5.41) is 0. The maximum absolute atomic E-state index is 6.74. The van der Waals surface area contributed by atoms with E-state index in [9.17, 15) is 0 Å². The normalized spacial score (nSPS) is 43.6. The standard InChI is InChI=1S/C17H31NO/c1-15(2)13-7-10-16(15,3)14(11-13)19-17(12-18)8-5-4-6-9-17/h13-14H,4-12,18H2,1-3H3. The van der Waals surface area contributed by atoms with Crippen molar-refractivity contribution in [3.8, 4) is 0 Å². The van der Waals surface area contributed by atoms with Crippen molar-refractivity contribution in [3.05, 3.63) is 0 Å². The molecule has 0 aromatic heterocycles. The van der Waals surface area contributed by atoms with Gasteiger partial charge in [0.25, 0.3) is 0 Å². The van der Waals surface area contributed by atoms with E-state index in [4.69, 9.17) is 10.5 Å². The summed E-state index contributed by atoms with van der Waals surface area (Å²) in [5.41, 5.74) is 6.93. The van der Waals surface area contributed by atoms with Crippen LogP contribution in [0.1, 0.15) is 72.1 Å². The molecule has 3 unspecified atom stereocenters. The fourth-order valence-electron chi connectivity index (χ4n) is 5.18. The Morgan fingerprint density at radius 1 is 1.05 bits per heavy atom. The van der Waals surface area contributed by atoms with Gasteiger partial charge in [-0.15, -0.1) is 0 Å². The summed E-state index contributed by atoms with van der Waals surface area (Å²) in [6.45, 7) is 8.11. The molecule has 0 aromatic carbocycles. The van der Waals surface area contributed by atoms with Gasteiger partial charge in [0.15, 0.2) is 0 Å². The predicted octanol–water partition coefficient (Wildman–Crippen LogP) is 3.88. The van der Waals surface area contributed by atoms with E-state index in [0.29, 0.717) is 23.5 Å². The van der Waals surface area contributed by atoms with E-state index in [1.807, 2.05) is 0 Å². The van der Waals surface area contributed by atoms with Crippen molar-refractivity contribution in [2.24, 2.45) is 22.5 Å². The van der Waals surface area contributed by atoms with E-state index in [2.05, 4.69) is 20.8 Å². The van der Waals surface area contributed by atoms with Crippen LogP contribution in [0, 0.1) is 16.7 Å². The first-order chi connectivity index (χ1) is 8.94. The van der Waals surface area contributed by atoms with Crippen molar-refractivity contribution in [3.63, 3.8) is 0 Å². The number of fused-ring (bicyclic) bond motifs is 2. The fraction of sp³-hybridized carbons (Fsp3) is 1.00. The van der Waals surface area contributed by atoms with Crippen LogP contribution < -0.4 is 5.73 Å². The van der Waals surface area contributed by atoms with Gasteiger partial charge in [-0.1, -0.05) is 40.0 Å². The van der Waals surface area contributed by atoms with Gasteiger partial charge in [-0.25, -0.2) is 0 Å². The summed E-state index contributed by atoms with van der Waals surface area (Å²) >= 11 is 0. The molecule has 3 aliphatic carbocycles. The van der Waals surface area contributed by atoms with Gasteiger partial charge in [0, 0.05) is 6.54 Å². The molecule has 3 fully saturated rings. The molecule has 0 aliphatic heterocycles. The highest BCUT2D eigenvalue weighted by molar-refractivity contribution is 5.12. The number of rotatable bonds is 3. The van der Waals surface area contributed by atoms with Gasteiger partial charge in [-0.3, -0.25) is 0 Å². The van der Waals surface area contributed by atoms with E-state index in [0.717, 1.165) is 5.92 Å². The van der Waals surface area contributed by atoms with Crippen molar-refractivity contribution in [2.45, 2.75) is 83.8 Å². The van der Waals surface area contributed by atoms with E-state index in [1.54, 1.807) is 0 Å². The maximum Gasteiger partial charge on any atom is 0.0808 e. The predicted molar refractivity (Wildman–Crippen MR) is 79.0 cm³/mol. The summed E-state index contributed by atoms with van der Waals surface area (Å²) in [6.07, 6.45) is 10.8. The van der Waals surface area contributed by atoms with Crippen LogP contribution in [-0.4, -0.2) is 18.2 Å². The molecule has 0 saturated heterocycles. The molecule has 3 atom stereocenters. The smallest absolute Gasteiger partial charge is 0.0808 e. The van der Waals surface area contributed by atoms with Gasteiger partial charge in [-0.05, 0) is 48.9 Å². The van der Waals surface area contributed by atoms with Crippen molar-refractivity contribution < 1.29 is 4.74 Å². The minimum atomic E-state index is 0.00644. The fourth-order valence-corrected chi connectivity index (χ4v) is 5.18. The van der Waals surface area contributed by atoms with Gasteiger partial charge < -0.3 is 10.5 Å². The first kappa shape index (κ1) is 13.9. The van der Waals surface area contributed by atoms with Crippen LogP contribution in [0.4, 0.5) is 0 Å². The molecule has 19 heavy (non-hydrogen) atoms. The molecule has 3 rings (SSSR count). The van der Waals surface area contributed by atoms with Crippen LogP contribution in [0.3, 0.4) is 0 Å². The van der Waals surface area contributed by atoms with Gasteiger partial charge in [-0.2, -0.15) is 0 Å². The van der Waals surface area contributed by atoms with Gasteiger partial charge >= 0.3 is 0 Å². The Balaban J connectivity index is 1.77. The highest BCUT2D eigenvalue weighted by Gasteiger charge is 2.62. The molecule has 3 aliphatic rings. The SMILES string of the molecule is CC1(C)C2CCC1(C)C(OC1(CN)CCCCC1)C2. The Morgan fingerprint density at radius 2 is 1.74 bits per heavy atom. The summed E-state index contributed by atoms with van der Waals surface area (Å²) in [5.74, 6) is 0.862. The molecule has 0 radical (unpaired) electrons. The zero-order valence-corrected chi connectivity index (χ0v) is 13.0. The Bertz CT molecular complexity index is 345. The van der Waals surface area contributed by atoms with E-state index in [-0.39, 0.29) is 5.60 Å². The Morgan fingerprint density at radius 3 is 2.21 bits per heavy atom. The molecule has 2 N–H and O–H groups in total. The highest BCUT2D eigenvalue weighted by Crippen LogP contribution is 2.66. The lowest BCUT2D eigenvalue weighted by Crippen LogP contribution is -2.49. The van der Waals surface area contributed by atoms with Gasteiger partial charge in [0.2, 0.25) is 0 Å². The zero-order chi connectivity index (χ0) is 13.7. The lowest BCUT2D eigenvalue weighted by molar-refractivity contribution is -0.153. The molecule has 110 valence electrons. The third-order valence-corrected chi connectivity index (χ3v) is 7.24. The Kier molecular flexibility index (Phi) is 3.26. The van der Waals surface area contributed by atoms with E-state index in [1.165, 1.54) is 51.4 Å². The second-order valence-electron chi connectivity index (χ2n) is 8.16. The molecular formula is C17H31NO. The van der Waals surface area contributed by atoms with Gasteiger partial charge in [0.1, 0.15) is 0 Å². The Hall–Kier alpha value is -0.0800. The van der Waals surface area contributed by atoms with Crippen molar-refractivity contribution in [1.29, 1.82) is 0 Å². The van der Waals surface area contributed by atoms with Crippen molar-refractivity contribution in [1.82, 2.24) is 0 Å². The average molecular weight is 265 g/mol. The topological polar surface area (TPSA) is 35.2 Å².